The van der Waals surface area contributed by atoms with Crippen molar-refractivity contribution in [3.8, 4) is 12.1 Å². The van der Waals surface area contributed by atoms with Crippen molar-refractivity contribution in [3.05, 3.63) is 0 Å². The number of carboxylic acids is 1. The highest BCUT2D eigenvalue weighted by Gasteiger charge is 2.26. The van der Waals surface area contributed by atoms with Crippen molar-refractivity contribution in [1.29, 1.82) is 10.5 Å². The number of hydrogen-bond acceptors (Lipinski definition) is 5. The number of rotatable bonds is 7. The van der Waals surface area contributed by atoms with Crippen LogP contribution in [-0.4, -0.2) is 59.5 Å². The second-order valence-electron chi connectivity index (χ2n) is 5.09. The normalized spacial score (nSPS) is 15.9. The van der Waals surface area contributed by atoms with Gasteiger partial charge in [0.1, 0.15) is 0 Å². The van der Waals surface area contributed by atoms with Crippen LogP contribution >= 0.6 is 0 Å². The summed E-state index contributed by atoms with van der Waals surface area (Å²) in [5.74, 6) is -1.19. The summed E-state index contributed by atoms with van der Waals surface area (Å²) in [6.45, 7) is 2.08. The van der Waals surface area contributed by atoms with Gasteiger partial charge in [0, 0.05) is 13.1 Å². The summed E-state index contributed by atoms with van der Waals surface area (Å²) < 4.78 is 0. The highest BCUT2D eigenvalue weighted by atomic mass is 16.4. The van der Waals surface area contributed by atoms with E-state index in [-0.39, 0.29) is 31.2 Å². The molecule has 1 N–H and O–H groups in total. The Morgan fingerprint density at radius 1 is 1.14 bits per heavy atom. The maximum atomic E-state index is 12.2. The number of carboxylic acid groups (broad SMARTS) is 1. The van der Waals surface area contributed by atoms with Crippen LogP contribution in [0.25, 0.3) is 0 Å². The number of piperidine rings is 1. The molecule has 0 radical (unpaired) electrons. The zero-order chi connectivity index (χ0) is 15.7. The molecule has 0 unspecified atom stereocenters. The van der Waals surface area contributed by atoms with Crippen molar-refractivity contribution in [3.63, 3.8) is 0 Å². The third kappa shape index (κ3) is 5.80. The summed E-state index contributed by atoms with van der Waals surface area (Å²) in [5.41, 5.74) is 0. The van der Waals surface area contributed by atoms with Crippen LogP contribution in [0.5, 0.6) is 0 Å². The molecule has 0 aromatic rings. The van der Waals surface area contributed by atoms with Gasteiger partial charge in [-0.3, -0.25) is 14.5 Å². The first-order valence-corrected chi connectivity index (χ1v) is 7.05. The predicted molar refractivity (Wildman–Crippen MR) is 73.8 cm³/mol. The number of carbonyl (C=O) groups is 2. The number of likely N-dealkylation sites (tertiary alicyclic amines) is 1. The minimum absolute atomic E-state index is 0.103. The maximum Gasteiger partial charge on any atom is 0.306 e. The van der Waals surface area contributed by atoms with Crippen LogP contribution in [-0.2, 0) is 9.59 Å². The molecule has 1 saturated heterocycles. The number of nitriles is 2. The van der Waals surface area contributed by atoms with Gasteiger partial charge in [0.2, 0.25) is 5.91 Å². The minimum atomic E-state index is -0.773. The Balaban J connectivity index is 2.44. The van der Waals surface area contributed by atoms with Crippen molar-refractivity contribution in [2.75, 3.05) is 32.7 Å². The lowest BCUT2D eigenvalue weighted by molar-refractivity contribution is -0.143. The number of carbonyl (C=O) groups excluding carboxylic acids is 1. The topological polar surface area (TPSA) is 108 Å². The van der Waals surface area contributed by atoms with Crippen LogP contribution in [0.4, 0.5) is 0 Å². The standard InChI is InChI=1S/C14H20N4O3/c15-5-1-7-18(8-2-6-16)13(19)11-17-9-3-12(4-10-17)14(20)21/h12H,1-4,7-11H2,(H,20,21). The van der Waals surface area contributed by atoms with Gasteiger partial charge in [0.05, 0.1) is 37.4 Å². The van der Waals surface area contributed by atoms with E-state index < -0.39 is 5.97 Å². The molecule has 7 nitrogen and oxygen atoms in total. The summed E-state index contributed by atoms with van der Waals surface area (Å²) in [7, 11) is 0. The first-order valence-electron chi connectivity index (χ1n) is 7.05. The van der Waals surface area contributed by atoms with Crippen LogP contribution in [0.3, 0.4) is 0 Å². The maximum absolute atomic E-state index is 12.2. The van der Waals surface area contributed by atoms with E-state index in [2.05, 4.69) is 0 Å². The van der Waals surface area contributed by atoms with Crippen molar-refractivity contribution in [2.24, 2.45) is 5.92 Å². The van der Waals surface area contributed by atoms with Crippen LogP contribution in [0.2, 0.25) is 0 Å². The molecule has 7 heteroatoms. The number of nitrogens with zero attached hydrogens (tertiary/aromatic N) is 4. The van der Waals surface area contributed by atoms with E-state index in [1.165, 1.54) is 4.90 Å². The van der Waals surface area contributed by atoms with Crippen molar-refractivity contribution in [2.45, 2.75) is 25.7 Å². The molecule has 21 heavy (non-hydrogen) atoms. The van der Waals surface area contributed by atoms with E-state index in [0.29, 0.717) is 39.0 Å². The molecule has 1 aliphatic heterocycles. The fourth-order valence-corrected chi connectivity index (χ4v) is 2.36. The van der Waals surface area contributed by atoms with Gasteiger partial charge in [-0.05, 0) is 25.9 Å². The smallest absolute Gasteiger partial charge is 0.306 e. The average molecular weight is 292 g/mol. The molecule has 0 bridgehead atoms. The fourth-order valence-electron chi connectivity index (χ4n) is 2.36. The van der Waals surface area contributed by atoms with E-state index >= 15 is 0 Å². The Kier molecular flexibility index (Phi) is 7.20. The summed E-state index contributed by atoms with van der Waals surface area (Å²) in [6.07, 6.45) is 1.61. The molecule has 0 aromatic heterocycles. The summed E-state index contributed by atoms with van der Waals surface area (Å²) in [5, 5.41) is 26.1. The van der Waals surface area contributed by atoms with E-state index in [1.807, 2.05) is 17.0 Å². The fraction of sp³-hybridized carbons (Fsp3) is 0.714. The lowest BCUT2D eigenvalue weighted by Gasteiger charge is -2.31. The van der Waals surface area contributed by atoms with Crippen LogP contribution in [0.1, 0.15) is 25.7 Å². The highest BCUT2D eigenvalue weighted by Crippen LogP contribution is 2.17. The van der Waals surface area contributed by atoms with Gasteiger partial charge in [-0.1, -0.05) is 0 Å². The average Bonchev–Trinajstić information content (AvgIpc) is 2.47. The molecule has 1 heterocycles. The van der Waals surface area contributed by atoms with E-state index in [1.54, 1.807) is 0 Å². The Bertz CT molecular complexity index is 426. The molecule has 0 spiro atoms. The Morgan fingerprint density at radius 3 is 2.10 bits per heavy atom. The van der Waals surface area contributed by atoms with Crippen LogP contribution in [0.15, 0.2) is 0 Å². The molecule has 1 fully saturated rings. The molecule has 114 valence electrons. The molecule has 1 amide bonds. The SMILES string of the molecule is N#CCCN(CCC#N)C(=O)CN1CCC(C(=O)O)CC1. The molecular weight excluding hydrogens is 272 g/mol. The molecule has 1 rings (SSSR count). The van der Waals surface area contributed by atoms with Gasteiger partial charge in [-0.2, -0.15) is 10.5 Å². The van der Waals surface area contributed by atoms with Crippen molar-refractivity contribution >= 4 is 11.9 Å². The summed E-state index contributed by atoms with van der Waals surface area (Å²) in [6, 6.07) is 3.99. The van der Waals surface area contributed by atoms with Gasteiger partial charge in [-0.25, -0.2) is 0 Å². The largest absolute Gasteiger partial charge is 0.481 e. The Labute approximate surface area is 124 Å². The van der Waals surface area contributed by atoms with Gasteiger partial charge >= 0.3 is 5.97 Å². The molecule has 1 aliphatic rings. The number of hydrogen-bond donors (Lipinski definition) is 1. The lowest BCUT2D eigenvalue weighted by atomic mass is 9.97. The van der Waals surface area contributed by atoms with E-state index in [4.69, 9.17) is 15.6 Å². The number of aliphatic carboxylic acids is 1. The third-order valence-corrected chi connectivity index (χ3v) is 3.64. The Hall–Kier alpha value is -2.12. The van der Waals surface area contributed by atoms with Crippen LogP contribution in [0, 0.1) is 28.6 Å². The van der Waals surface area contributed by atoms with Gasteiger partial charge < -0.3 is 10.0 Å². The molecule has 0 aromatic carbocycles. The molecule has 0 aliphatic carbocycles. The number of amides is 1. The van der Waals surface area contributed by atoms with Crippen molar-refractivity contribution < 1.29 is 14.7 Å². The van der Waals surface area contributed by atoms with Gasteiger partial charge in [0.15, 0.2) is 0 Å². The van der Waals surface area contributed by atoms with E-state index in [9.17, 15) is 9.59 Å². The minimum Gasteiger partial charge on any atom is -0.481 e. The monoisotopic (exact) mass is 292 g/mol. The molecule has 0 atom stereocenters. The van der Waals surface area contributed by atoms with Gasteiger partial charge in [0.25, 0.3) is 0 Å². The quantitative estimate of drug-likeness (QED) is 0.729. The summed E-state index contributed by atoms with van der Waals surface area (Å²) in [4.78, 5) is 26.5. The van der Waals surface area contributed by atoms with Gasteiger partial charge in [-0.15, -0.1) is 0 Å². The second-order valence-corrected chi connectivity index (χ2v) is 5.09. The van der Waals surface area contributed by atoms with E-state index in [0.717, 1.165) is 0 Å². The molecular formula is C14H20N4O3. The zero-order valence-electron chi connectivity index (χ0n) is 12.0. The third-order valence-electron chi connectivity index (χ3n) is 3.64. The highest BCUT2D eigenvalue weighted by molar-refractivity contribution is 5.78. The predicted octanol–water partition coefficient (Wildman–Crippen LogP) is 0.439. The van der Waals surface area contributed by atoms with Crippen LogP contribution < -0.4 is 0 Å². The zero-order valence-corrected chi connectivity index (χ0v) is 12.0. The first-order chi connectivity index (χ1) is 10.1. The first kappa shape index (κ1) is 16.9. The summed E-state index contributed by atoms with van der Waals surface area (Å²) >= 11 is 0. The Morgan fingerprint density at radius 2 is 1.67 bits per heavy atom. The molecule has 0 saturated carbocycles. The second kappa shape index (κ2) is 8.93. The van der Waals surface area contributed by atoms with Crippen molar-refractivity contribution in [1.82, 2.24) is 9.80 Å². The lowest BCUT2D eigenvalue weighted by Crippen LogP contribution is -2.44.